The third-order valence-corrected chi connectivity index (χ3v) is 4.06. The first kappa shape index (κ1) is 14.1. The summed E-state index contributed by atoms with van der Waals surface area (Å²) in [5.41, 5.74) is 8.66. The smallest absolute Gasteiger partial charge is 0.126 e. The van der Waals surface area contributed by atoms with Crippen LogP contribution in [-0.2, 0) is 0 Å². The van der Waals surface area contributed by atoms with Crippen LogP contribution in [0, 0.1) is 19.7 Å². The molecule has 2 aromatic carbocycles. The van der Waals surface area contributed by atoms with Gasteiger partial charge in [-0.25, -0.2) is 4.39 Å². The molecule has 19 heavy (non-hydrogen) atoms. The molecular formula is C16H18FNS. The Hall–Kier alpha value is -1.32. The normalized spacial score (nSPS) is 12.5. The zero-order chi connectivity index (χ0) is 14.0. The first-order valence-electron chi connectivity index (χ1n) is 6.27. The minimum Gasteiger partial charge on any atom is -0.324 e. The molecule has 0 aromatic heterocycles. The molecule has 100 valence electrons. The third kappa shape index (κ3) is 3.37. The van der Waals surface area contributed by atoms with Gasteiger partial charge in [-0.1, -0.05) is 29.5 Å². The van der Waals surface area contributed by atoms with Gasteiger partial charge in [0.25, 0.3) is 0 Å². The first-order chi connectivity index (χ1) is 8.97. The second-order valence-electron chi connectivity index (χ2n) is 4.85. The van der Waals surface area contributed by atoms with Crippen LogP contribution in [0.4, 0.5) is 4.39 Å². The molecule has 3 heteroatoms. The van der Waals surface area contributed by atoms with Crippen molar-refractivity contribution < 1.29 is 4.39 Å². The summed E-state index contributed by atoms with van der Waals surface area (Å²) in [6.45, 7) is 5.72. The summed E-state index contributed by atoms with van der Waals surface area (Å²) in [6.07, 6.45) is 0. The van der Waals surface area contributed by atoms with Crippen molar-refractivity contribution in [3.8, 4) is 0 Å². The minimum atomic E-state index is -0.194. The Kier molecular flexibility index (Phi) is 4.27. The number of nitrogens with two attached hydrogens (primary N) is 1. The van der Waals surface area contributed by atoms with Crippen molar-refractivity contribution >= 4 is 11.8 Å². The molecule has 0 bridgehead atoms. The topological polar surface area (TPSA) is 26.0 Å². The van der Waals surface area contributed by atoms with E-state index in [-0.39, 0.29) is 11.9 Å². The van der Waals surface area contributed by atoms with Crippen LogP contribution in [0.15, 0.2) is 46.2 Å². The molecule has 0 fully saturated rings. The van der Waals surface area contributed by atoms with Crippen LogP contribution >= 0.6 is 11.8 Å². The number of hydrogen-bond donors (Lipinski definition) is 1. The van der Waals surface area contributed by atoms with Crippen molar-refractivity contribution in [1.82, 2.24) is 0 Å². The van der Waals surface area contributed by atoms with Crippen molar-refractivity contribution in [3.05, 3.63) is 58.9 Å². The lowest BCUT2D eigenvalue weighted by Crippen LogP contribution is -2.07. The molecule has 1 atom stereocenters. The van der Waals surface area contributed by atoms with Crippen LogP contribution in [0.5, 0.6) is 0 Å². The number of rotatable bonds is 3. The van der Waals surface area contributed by atoms with E-state index in [9.17, 15) is 4.39 Å². The van der Waals surface area contributed by atoms with Gasteiger partial charge >= 0.3 is 0 Å². The van der Waals surface area contributed by atoms with Crippen molar-refractivity contribution in [3.63, 3.8) is 0 Å². The van der Waals surface area contributed by atoms with Crippen LogP contribution < -0.4 is 5.73 Å². The summed E-state index contributed by atoms with van der Waals surface area (Å²) < 4.78 is 13.7. The van der Waals surface area contributed by atoms with Gasteiger partial charge in [0.1, 0.15) is 5.82 Å². The molecule has 0 saturated carbocycles. The highest BCUT2D eigenvalue weighted by atomic mass is 32.2. The third-order valence-electron chi connectivity index (χ3n) is 3.00. The van der Waals surface area contributed by atoms with Crippen molar-refractivity contribution in [2.45, 2.75) is 36.6 Å². The molecule has 0 amide bonds. The van der Waals surface area contributed by atoms with Gasteiger partial charge in [-0.15, -0.1) is 0 Å². The fraction of sp³-hybridized carbons (Fsp3) is 0.250. The fourth-order valence-electron chi connectivity index (χ4n) is 1.92. The van der Waals surface area contributed by atoms with Gasteiger partial charge in [0.15, 0.2) is 0 Å². The van der Waals surface area contributed by atoms with E-state index in [1.54, 1.807) is 24.8 Å². The number of halogens is 1. The highest BCUT2D eigenvalue weighted by Gasteiger charge is 2.12. The monoisotopic (exact) mass is 275 g/mol. The van der Waals surface area contributed by atoms with Gasteiger partial charge in [-0.05, 0) is 56.2 Å². The average Bonchev–Trinajstić information content (AvgIpc) is 2.33. The fourth-order valence-corrected chi connectivity index (χ4v) is 3.16. The van der Waals surface area contributed by atoms with Crippen molar-refractivity contribution in [1.29, 1.82) is 0 Å². The molecule has 1 nitrogen and oxygen atoms in total. The van der Waals surface area contributed by atoms with Crippen LogP contribution in [-0.4, -0.2) is 0 Å². The Balaban J connectivity index is 2.41. The Bertz CT molecular complexity index is 593. The lowest BCUT2D eigenvalue weighted by Gasteiger charge is -2.14. The molecule has 0 radical (unpaired) electrons. The van der Waals surface area contributed by atoms with Crippen LogP contribution in [0.1, 0.15) is 29.7 Å². The van der Waals surface area contributed by atoms with Gasteiger partial charge in [0.2, 0.25) is 0 Å². The summed E-state index contributed by atoms with van der Waals surface area (Å²) in [5.74, 6) is -0.194. The van der Waals surface area contributed by atoms with E-state index in [2.05, 4.69) is 25.1 Å². The van der Waals surface area contributed by atoms with Crippen LogP contribution in [0.3, 0.4) is 0 Å². The van der Waals surface area contributed by atoms with Crippen molar-refractivity contribution in [2.75, 3.05) is 0 Å². The molecule has 0 aliphatic carbocycles. The molecule has 0 aliphatic rings. The first-order valence-corrected chi connectivity index (χ1v) is 7.09. The van der Waals surface area contributed by atoms with E-state index in [4.69, 9.17) is 5.73 Å². The second kappa shape index (κ2) is 5.76. The van der Waals surface area contributed by atoms with E-state index in [0.29, 0.717) is 5.56 Å². The Labute approximate surface area is 118 Å². The predicted molar refractivity (Wildman–Crippen MR) is 79.0 cm³/mol. The van der Waals surface area contributed by atoms with E-state index in [0.717, 1.165) is 15.4 Å². The Morgan fingerprint density at radius 3 is 2.53 bits per heavy atom. The van der Waals surface area contributed by atoms with E-state index >= 15 is 0 Å². The van der Waals surface area contributed by atoms with Gasteiger partial charge in [-0.3, -0.25) is 0 Å². The summed E-state index contributed by atoms with van der Waals surface area (Å²) in [6, 6.07) is 11.5. The van der Waals surface area contributed by atoms with Gasteiger partial charge in [-0.2, -0.15) is 0 Å². The Morgan fingerprint density at radius 1 is 1.16 bits per heavy atom. The summed E-state index contributed by atoms with van der Waals surface area (Å²) in [5, 5.41) is 0. The zero-order valence-electron chi connectivity index (χ0n) is 11.4. The average molecular weight is 275 g/mol. The van der Waals surface area contributed by atoms with E-state index < -0.39 is 0 Å². The molecule has 0 unspecified atom stereocenters. The molecule has 2 aromatic rings. The maximum atomic E-state index is 13.7. The lowest BCUT2D eigenvalue weighted by molar-refractivity contribution is 0.610. The molecule has 0 spiro atoms. The SMILES string of the molecule is Cc1cccc(Sc2cc(C)c(F)cc2[C@@H](C)N)c1. The molecular weight excluding hydrogens is 257 g/mol. The maximum absolute atomic E-state index is 13.7. The minimum absolute atomic E-state index is 0.178. The lowest BCUT2D eigenvalue weighted by atomic mass is 10.1. The summed E-state index contributed by atoms with van der Waals surface area (Å²) >= 11 is 1.63. The molecule has 2 N–H and O–H groups in total. The summed E-state index contributed by atoms with van der Waals surface area (Å²) in [4.78, 5) is 2.17. The van der Waals surface area contributed by atoms with Gasteiger partial charge < -0.3 is 5.73 Å². The molecule has 2 rings (SSSR count). The number of benzene rings is 2. The summed E-state index contributed by atoms with van der Waals surface area (Å²) in [7, 11) is 0. The quantitative estimate of drug-likeness (QED) is 0.885. The highest BCUT2D eigenvalue weighted by molar-refractivity contribution is 7.99. The van der Waals surface area contributed by atoms with Gasteiger partial charge in [0, 0.05) is 15.8 Å². The standard InChI is InChI=1S/C16H18FNS/c1-10-5-4-6-13(7-10)19-16-8-11(2)15(17)9-14(16)12(3)18/h4-9,12H,18H2,1-3H3/t12-/m1/s1. The molecule has 0 heterocycles. The van der Waals surface area contributed by atoms with Crippen LogP contribution in [0.25, 0.3) is 0 Å². The second-order valence-corrected chi connectivity index (χ2v) is 5.96. The highest BCUT2D eigenvalue weighted by Crippen LogP contribution is 2.34. The maximum Gasteiger partial charge on any atom is 0.126 e. The molecule has 0 saturated heterocycles. The predicted octanol–water partition coefficient (Wildman–Crippen LogP) is 4.61. The molecule has 0 aliphatic heterocycles. The van der Waals surface area contributed by atoms with E-state index in [1.807, 2.05) is 19.1 Å². The van der Waals surface area contributed by atoms with Crippen LogP contribution in [0.2, 0.25) is 0 Å². The zero-order valence-corrected chi connectivity index (χ0v) is 12.2. The van der Waals surface area contributed by atoms with E-state index in [1.165, 1.54) is 5.56 Å². The number of hydrogen-bond acceptors (Lipinski definition) is 2. The van der Waals surface area contributed by atoms with Gasteiger partial charge in [0.05, 0.1) is 0 Å². The van der Waals surface area contributed by atoms with Crippen molar-refractivity contribution in [2.24, 2.45) is 5.73 Å². The Morgan fingerprint density at radius 2 is 1.89 bits per heavy atom. The number of aryl methyl sites for hydroxylation is 2. The largest absolute Gasteiger partial charge is 0.324 e.